The highest BCUT2D eigenvalue weighted by Gasteiger charge is 2.18. The maximum Gasteiger partial charge on any atom is 0.362 e. The number of carbonyl (C=O) groups is 1. The Balaban J connectivity index is 3.27. The van der Waals surface area contributed by atoms with E-state index in [1.807, 2.05) is 0 Å². The number of carbonyl (C=O) groups excluding carboxylic acids is 1. The standard InChI is InChI=1S/C7H8BrN3O3/c1-13-6-3(7(12)14-2)10-4(8)5(9)11-6/h1-2H3,(H2,9,11). The van der Waals surface area contributed by atoms with Gasteiger partial charge in [-0.05, 0) is 15.9 Å². The number of esters is 1. The quantitative estimate of drug-likeness (QED) is 0.786. The summed E-state index contributed by atoms with van der Waals surface area (Å²) < 4.78 is 9.60. The Morgan fingerprint density at radius 2 is 2.07 bits per heavy atom. The number of halogens is 1. The smallest absolute Gasteiger partial charge is 0.362 e. The van der Waals surface area contributed by atoms with Gasteiger partial charge in [-0.1, -0.05) is 0 Å². The molecule has 0 saturated carbocycles. The average molecular weight is 262 g/mol. The van der Waals surface area contributed by atoms with Gasteiger partial charge in [0.2, 0.25) is 11.6 Å². The van der Waals surface area contributed by atoms with Crippen molar-refractivity contribution < 1.29 is 14.3 Å². The van der Waals surface area contributed by atoms with Crippen LogP contribution < -0.4 is 10.5 Å². The molecule has 1 aromatic heterocycles. The Morgan fingerprint density at radius 1 is 1.43 bits per heavy atom. The van der Waals surface area contributed by atoms with E-state index in [-0.39, 0.29) is 22.0 Å². The predicted molar refractivity (Wildman–Crippen MR) is 52.0 cm³/mol. The molecule has 0 saturated heterocycles. The third kappa shape index (κ3) is 1.92. The maximum absolute atomic E-state index is 11.2. The molecule has 14 heavy (non-hydrogen) atoms. The molecule has 1 heterocycles. The normalized spacial score (nSPS) is 9.64. The lowest BCUT2D eigenvalue weighted by atomic mass is 10.4. The lowest BCUT2D eigenvalue weighted by molar-refractivity contribution is 0.0589. The number of rotatable bonds is 2. The van der Waals surface area contributed by atoms with Gasteiger partial charge in [-0.3, -0.25) is 0 Å². The molecule has 7 heteroatoms. The summed E-state index contributed by atoms with van der Waals surface area (Å²) in [7, 11) is 2.61. The lowest BCUT2D eigenvalue weighted by Gasteiger charge is -2.06. The van der Waals surface area contributed by atoms with Gasteiger partial charge in [0.15, 0.2) is 5.82 Å². The number of aromatic nitrogens is 2. The first-order chi connectivity index (χ1) is 6.60. The Hall–Kier alpha value is -1.37. The van der Waals surface area contributed by atoms with E-state index < -0.39 is 5.97 Å². The zero-order chi connectivity index (χ0) is 10.7. The van der Waals surface area contributed by atoms with E-state index in [9.17, 15) is 4.79 Å². The zero-order valence-corrected chi connectivity index (χ0v) is 9.16. The van der Waals surface area contributed by atoms with Crippen molar-refractivity contribution in [2.24, 2.45) is 0 Å². The number of ether oxygens (including phenoxy) is 2. The Morgan fingerprint density at radius 3 is 2.57 bits per heavy atom. The van der Waals surface area contributed by atoms with Crippen LogP contribution in [-0.2, 0) is 4.74 Å². The van der Waals surface area contributed by atoms with Crippen LogP contribution in [0.1, 0.15) is 10.5 Å². The van der Waals surface area contributed by atoms with Gasteiger partial charge in [0.1, 0.15) is 4.60 Å². The Kier molecular flexibility index (Phi) is 3.23. The van der Waals surface area contributed by atoms with Crippen LogP contribution in [0.3, 0.4) is 0 Å². The summed E-state index contributed by atoms with van der Waals surface area (Å²) in [4.78, 5) is 18.8. The van der Waals surface area contributed by atoms with Crippen molar-refractivity contribution in [3.05, 3.63) is 10.3 Å². The molecule has 0 aliphatic heterocycles. The van der Waals surface area contributed by atoms with Crippen molar-refractivity contribution in [1.82, 2.24) is 9.97 Å². The summed E-state index contributed by atoms with van der Waals surface area (Å²) in [6.07, 6.45) is 0. The summed E-state index contributed by atoms with van der Waals surface area (Å²) in [6, 6.07) is 0. The number of anilines is 1. The monoisotopic (exact) mass is 261 g/mol. The number of hydrogen-bond donors (Lipinski definition) is 1. The highest BCUT2D eigenvalue weighted by atomic mass is 79.9. The third-order valence-corrected chi connectivity index (χ3v) is 2.00. The molecule has 0 fully saturated rings. The fraction of sp³-hybridized carbons (Fsp3) is 0.286. The second-order valence-electron chi connectivity index (χ2n) is 2.25. The molecule has 1 aromatic rings. The molecule has 2 N–H and O–H groups in total. The van der Waals surface area contributed by atoms with Crippen LogP contribution in [0.25, 0.3) is 0 Å². The van der Waals surface area contributed by atoms with Crippen LogP contribution in [0.4, 0.5) is 5.82 Å². The van der Waals surface area contributed by atoms with E-state index in [1.54, 1.807) is 0 Å². The molecule has 0 aliphatic rings. The van der Waals surface area contributed by atoms with Gasteiger partial charge in [0.05, 0.1) is 14.2 Å². The summed E-state index contributed by atoms with van der Waals surface area (Å²) >= 11 is 3.04. The van der Waals surface area contributed by atoms with Crippen LogP contribution in [0.5, 0.6) is 5.88 Å². The second-order valence-corrected chi connectivity index (χ2v) is 3.00. The molecule has 0 radical (unpaired) electrons. The minimum atomic E-state index is -0.630. The van der Waals surface area contributed by atoms with Crippen LogP contribution in [0, 0.1) is 0 Å². The van der Waals surface area contributed by atoms with Crippen LogP contribution in [0.15, 0.2) is 4.60 Å². The first-order valence-corrected chi connectivity index (χ1v) is 4.34. The molecule has 0 bridgehead atoms. The van der Waals surface area contributed by atoms with Gasteiger partial charge in [0, 0.05) is 0 Å². The summed E-state index contributed by atoms with van der Waals surface area (Å²) in [5.74, 6) is -0.442. The molecule has 0 atom stereocenters. The van der Waals surface area contributed by atoms with Gasteiger partial charge in [-0.15, -0.1) is 0 Å². The summed E-state index contributed by atoms with van der Waals surface area (Å²) in [6.45, 7) is 0. The molecule has 1 rings (SSSR count). The van der Waals surface area contributed by atoms with Gasteiger partial charge in [0.25, 0.3) is 0 Å². The number of hydrogen-bond acceptors (Lipinski definition) is 6. The van der Waals surface area contributed by atoms with E-state index in [1.165, 1.54) is 14.2 Å². The fourth-order valence-corrected chi connectivity index (χ4v) is 1.05. The van der Waals surface area contributed by atoms with E-state index in [4.69, 9.17) is 10.5 Å². The van der Waals surface area contributed by atoms with Crippen LogP contribution >= 0.6 is 15.9 Å². The molecule has 6 nitrogen and oxygen atoms in total. The minimum Gasteiger partial charge on any atom is -0.479 e. The number of methoxy groups -OCH3 is 2. The van der Waals surface area contributed by atoms with Gasteiger partial charge in [-0.2, -0.15) is 4.98 Å². The largest absolute Gasteiger partial charge is 0.479 e. The number of nitrogens with zero attached hydrogens (tertiary/aromatic N) is 2. The van der Waals surface area contributed by atoms with E-state index >= 15 is 0 Å². The van der Waals surface area contributed by atoms with Crippen molar-refractivity contribution in [1.29, 1.82) is 0 Å². The first kappa shape index (κ1) is 10.7. The SMILES string of the molecule is COC(=O)c1nc(Br)c(N)nc1OC. The predicted octanol–water partition coefficient (Wildman–Crippen LogP) is 0.617. The Bertz CT molecular complexity index is 369. The molecular weight excluding hydrogens is 254 g/mol. The maximum atomic E-state index is 11.2. The van der Waals surface area contributed by atoms with Gasteiger partial charge in [-0.25, -0.2) is 9.78 Å². The average Bonchev–Trinajstić information content (AvgIpc) is 2.20. The molecule has 0 aliphatic carbocycles. The zero-order valence-electron chi connectivity index (χ0n) is 7.57. The minimum absolute atomic E-state index is 0.0175. The molecule has 0 unspecified atom stereocenters. The van der Waals surface area contributed by atoms with Crippen LogP contribution in [-0.4, -0.2) is 30.2 Å². The van der Waals surface area contributed by atoms with Gasteiger partial charge < -0.3 is 15.2 Å². The number of nitrogens with two attached hydrogens (primary N) is 1. The molecule has 0 spiro atoms. The molecule has 0 amide bonds. The highest BCUT2D eigenvalue weighted by molar-refractivity contribution is 9.10. The van der Waals surface area contributed by atoms with Crippen LogP contribution in [0.2, 0.25) is 0 Å². The van der Waals surface area contributed by atoms with Crippen molar-refractivity contribution in [3.8, 4) is 5.88 Å². The third-order valence-electron chi connectivity index (χ3n) is 1.42. The van der Waals surface area contributed by atoms with Crippen molar-refractivity contribution in [3.63, 3.8) is 0 Å². The molecule has 76 valence electrons. The van der Waals surface area contributed by atoms with E-state index in [0.29, 0.717) is 0 Å². The van der Waals surface area contributed by atoms with E-state index in [0.717, 1.165) is 0 Å². The second kappa shape index (κ2) is 4.23. The first-order valence-electron chi connectivity index (χ1n) is 3.55. The molecule has 0 aromatic carbocycles. The fourth-order valence-electron chi connectivity index (χ4n) is 0.784. The molecular formula is C7H8BrN3O3. The highest BCUT2D eigenvalue weighted by Crippen LogP contribution is 2.21. The summed E-state index contributed by atoms with van der Waals surface area (Å²) in [5, 5.41) is 0. The van der Waals surface area contributed by atoms with Crippen molar-refractivity contribution in [2.75, 3.05) is 20.0 Å². The van der Waals surface area contributed by atoms with Crippen molar-refractivity contribution >= 4 is 27.7 Å². The van der Waals surface area contributed by atoms with E-state index in [2.05, 4.69) is 30.6 Å². The van der Waals surface area contributed by atoms with Crippen molar-refractivity contribution in [2.45, 2.75) is 0 Å². The summed E-state index contributed by atoms with van der Waals surface area (Å²) in [5.41, 5.74) is 5.44. The number of nitrogen functional groups attached to an aromatic ring is 1. The topological polar surface area (TPSA) is 87.3 Å². The van der Waals surface area contributed by atoms with Gasteiger partial charge >= 0.3 is 5.97 Å². The lowest BCUT2D eigenvalue weighted by Crippen LogP contribution is -2.10. The Labute approximate surface area is 88.6 Å².